The van der Waals surface area contributed by atoms with Crippen LogP contribution in [-0.4, -0.2) is 6.04 Å². The molecule has 15 heavy (non-hydrogen) atoms. The van der Waals surface area contributed by atoms with Gasteiger partial charge in [-0.15, -0.1) is 0 Å². The van der Waals surface area contributed by atoms with Gasteiger partial charge in [-0.3, -0.25) is 0 Å². The molecule has 0 saturated heterocycles. The van der Waals surface area contributed by atoms with Crippen molar-refractivity contribution in [2.45, 2.75) is 32.2 Å². The van der Waals surface area contributed by atoms with Crippen molar-refractivity contribution in [3.8, 4) is 0 Å². The van der Waals surface area contributed by atoms with Gasteiger partial charge in [0.2, 0.25) is 0 Å². The van der Waals surface area contributed by atoms with Crippen molar-refractivity contribution in [2.24, 2.45) is 5.18 Å². The summed E-state index contributed by atoms with van der Waals surface area (Å²) < 4.78 is 0. The number of nitroso groups, excluding NO2 is 1. The summed E-state index contributed by atoms with van der Waals surface area (Å²) in [6.07, 6.45) is 2.36. The standard InChI is InChI=1S/C11H13Cl2NO/c1-2-3-11(14-15)6-8-4-9(12)7-10(13)5-8/h4-5,7,11H,2-3,6H2,1H3. The van der Waals surface area contributed by atoms with Crippen LogP contribution in [0.2, 0.25) is 10.0 Å². The second-order valence-corrected chi connectivity index (χ2v) is 4.40. The molecule has 0 aromatic heterocycles. The van der Waals surface area contributed by atoms with E-state index in [2.05, 4.69) is 5.18 Å². The number of benzene rings is 1. The van der Waals surface area contributed by atoms with Crippen LogP contribution in [0.5, 0.6) is 0 Å². The minimum Gasteiger partial charge on any atom is -0.151 e. The van der Waals surface area contributed by atoms with Crippen molar-refractivity contribution in [1.82, 2.24) is 0 Å². The minimum absolute atomic E-state index is 0.176. The predicted molar refractivity (Wildman–Crippen MR) is 64.7 cm³/mol. The van der Waals surface area contributed by atoms with E-state index in [0.717, 1.165) is 18.4 Å². The van der Waals surface area contributed by atoms with Crippen LogP contribution in [0, 0.1) is 4.91 Å². The SMILES string of the molecule is CCCC(Cc1cc(Cl)cc(Cl)c1)N=O. The fourth-order valence-corrected chi connectivity index (χ4v) is 2.10. The van der Waals surface area contributed by atoms with E-state index in [1.165, 1.54) is 0 Å². The second-order valence-electron chi connectivity index (χ2n) is 3.53. The maximum Gasteiger partial charge on any atom is 0.0959 e. The summed E-state index contributed by atoms with van der Waals surface area (Å²) in [6.45, 7) is 2.03. The Morgan fingerprint density at radius 3 is 2.33 bits per heavy atom. The molecule has 82 valence electrons. The highest BCUT2D eigenvalue weighted by Crippen LogP contribution is 2.21. The lowest BCUT2D eigenvalue weighted by molar-refractivity contribution is 0.599. The lowest BCUT2D eigenvalue weighted by atomic mass is 10.0. The molecule has 0 saturated carbocycles. The zero-order valence-electron chi connectivity index (χ0n) is 8.54. The van der Waals surface area contributed by atoms with Gasteiger partial charge in [0.15, 0.2) is 0 Å². The molecule has 4 heteroatoms. The van der Waals surface area contributed by atoms with E-state index >= 15 is 0 Å². The van der Waals surface area contributed by atoms with Crippen LogP contribution in [-0.2, 0) is 6.42 Å². The van der Waals surface area contributed by atoms with Gasteiger partial charge in [-0.25, -0.2) is 0 Å². The Bertz CT molecular complexity index is 321. The lowest BCUT2D eigenvalue weighted by Crippen LogP contribution is -2.07. The molecule has 1 unspecified atom stereocenters. The molecule has 0 fully saturated rings. The molecule has 1 aromatic rings. The van der Waals surface area contributed by atoms with Gasteiger partial charge >= 0.3 is 0 Å². The Labute approximate surface area is 99.6 Å². The molecule has 0 aliphatic carbocycles. The summed E-state index contributed by atoms with van der Waals surface area (Å²) in [4.78, 5) is 10.6. The van der Waals surface area contributed by atoms with E-state index in [4.69, 9.17) is 23.2 Å². The normalized spacial score (nSPS) is 12.5. The molecular weight excluding hydrogens is 233 g/mol. The monoisotopic (exact) mass is 245 g/mol. The first-order chi connectivity index (χ1) is 7.15. The molecule has 0 N–H and O–H groups in total. The molecule has 0 aliphatic heterocycles. The van der Waals surface area contributed by atoms with Gasteiger partial charge in [-0.1, -0.05) is 41.7 Å². The minimum atomic E-state index is -0.176. The Hall–Kier alpha value is -0.600. The zero-order chi connectivity index (χ0) is 11.3. The van der Waals surface area contributed by atoms with Gasteiger partial charge in [0.25, 0.3) is 0 Å². The molecule has 0 heterocycles. The number of nitrogens with zero attached hydrogens (tertiary/aromatic N) is 1. The Kier molecular flexibility index (Phi) is 5.06. The van der Waals surface area contributed by atoms with Gasteiger partial charge in [0.05, 0.1) is 6.04 Å². The molecule has 2 nitrogen and oxygen atoms in total. The smallest absolute Gasteiger partial charge is 0.0959 e. The molecule has 0 amide bonds. The van der Waals surface area contributed by atoms with E-state index < -0.39 is 0 Å². The molecule has 1 rings (SSSR count). The highest BCUT2D eigenvalue weighted by atomic mass is 35.5. The van der Waals surface area contributed by atoms with Crippen molar-refractivity contribution >= 4 is 23.2 Å². The second kappa shape index (κ2) is 6.09. The summed E-state index contributed by atoms with van der Waals surface area (Å²) in [5, 5.41) is 4.29. The van der Waals surface area contributed by atoms with Crippen LogP contribution in [0.1, 0.15) is 25.3 Å². The Morgan fingerprint density at radius 2 is 1.87 bits per heavy atom. The van der Waals surface area contributed by atoms with E-state index in [-0.39, 0.29) is 6.04 Å². The summed E-state index contributed by atoms with van der Waals surface area (Å²) in [7, 11) is 0. The molecule has 0 radical (unpaired) electrons. The maximum absolute atomic E-state index is 10.6. The third kappa shape index (κ3) is 4.18. The van der Waals surface area contributed by atoms with Crippen molar-refractivity contribution in [3.63, 3.8) is 0 Å². The average molecular weight is 246 g/mol. The van der Waals surface area contributed by atoms with Crippen molar-refractivity contribution in [3.05, 3.63) is 38.7 Å². The number of rotatable bonds is 5. The van der Waals surface area contributed by atoms with E-state index in [1.54, 1.807) is 6.07 Å². The molecule has 0 spiro atoms. The van der Waals surface area contributed by atoms with Crippen molar-refractivity contribution in [1.29, 1.82) is 0 Å². The molecule has 1 atom stereocenters. The molecular formula is C11H13Cl2NO. The first kappa shape index (κ1) is 12.5. The van der Waals surface area contributed by atoms with E-state index in [9.17, 15) is 4.91 Å². The van der Waals surface area contributed by atoms with Gasteiger partial charge in [0, 0.05) is 10.0 Å². The fraction of sp³-hybridized carbons (Fsp3) is 0.455. The van der Waals surface area contributed by atoms with Crippen LogP contribution in [0.25, 0.3) is 0 Å². The molecule has 0 aliphatic rings. The highest BCUT2D eigenvalue weighted by Gasteiger charge is 2.09. The number of hydrogen-bond acceptors (Lipinski definition) is 2. The van der Waals surface area contributed by atoms with Gasteiger partial charge < -0.3 is 0 Å². The van der Waals surface area contributed by atoms with E-state index in [0.29, 0.717) is 16.5 Å². The van der Waals surface area contributed by atoms with Crippen LogP contribution in [0.4, 0.5) is 0 Å². The third-order valence-electron chi connectivity index (χ3n) is 2.16. The lowest BCUT2D eigenvalue weighted by Gasteiger charge is -2.08. The topological polar surface area (TPSA) is 29.4 Å². The van der Waals surface area contributed by atoms with Crippen LogP contribution in [0.3, 0.4) is 0 Å². The zero-order valence-corrected chi connectivity index (χ0v) is 10.1. The maximum atomic E-state index is 10.6. The summed E-state index contributed by atoms with van der Waals surface area (Å²) in [6, 6.07) is 5.14. The van der Waals surface area contributed by atoms with Crippen LogP contribution in [0.15, 0.2) is 23.4 Å². The van der Waals surface area contributed by atoms with Gasteiger partial charge in [-0.05, 0) is 36.6 Å². The predicted octanol–water partition coefficient (Wildman–Crippen LogP) is 4.47. The fourth-order valence-electron chi connectivity index (χ4n) is 1.53. The van der Waals surface area contributed by atoms with Gasteiger partial charge in [0.1, 0.15) is 0 Å². The van der Waals surface area contributed by atoms with Crippen molar-refractivity contribution in [2.75, 3.05) is 0 Å². The first-order valence-corrected chi connectivity index (χ1v) is 5.68. The third-order valence-corrected chi connectivity index (χ3v) is 2.60. The number of hydrogen-bond donors (Lipinski definition) is 0. The summed E-state index contributed by atoms with van der Waals surface area (Å²) in [5.74, 6) is 0. The van der Waals surface area contributed by atoms with Crippen LogP contribution >= 0.6 is 23.2 Å². The summed E-state index contributed by atoms with van der Waals surface area (Å²) in [5.41, 5.74) is 0.963. The van der Waals surface area contributed by atoms with Crippen molar-refractivity contribution < 1.29 is 0 Å². The number of halogens is 2. The first-order valence-electron chi connectivity index (χ1n) is 4.93. The molecule has 0 bridgehead atoms. The Morgan fingerprint density at radius 1 is 1.27 bits per heavy atom. The average Bonchev–Trinajstić information content (AvgIpc) is 2.15. The largest absolute Gasteiger partial charge is 0.151 e. The highest BCUT2D eigenvalue weighted by molar-refractivity contribution is 6.34. The van der Waals surface area contributed by atoms with Crippen LogP contribution < -0.4 is 0 Å². The Balaban J connectivity index is 2.74. The van der Waals surface area contributed by atoms with Gasteiger partial charge in [-0.2, -0.15) is 4.91 Å². The van der Waals surface area contributed by atoms with E-state index in [1.807, 2.05) is 19.1 Å². The quantitative estimate of drug-likeness (QED) is 0.704. The molecule has 1 aromatic carbocycles. The summed E-state index contributed by atoms with van der Waals surface area (Å²) >= 11 is 11.7.